The van der Waals surface area contributed by atoms with Gasteiger partial charge in [0.1, 0.15) is 12.1 Å². The monoisotopic (exact) mass is 487 g/mol. The molecule has 4 rings (SSSR count). The minimum atomic E-state index is -4.44. The van der Waals surface area contributed by atoms with Crippen LogP contribution in [0.3, 0.4) is 0 Å². The quantitative estimate of drug-likeness (QED) is 0.554. The number of aliphatic hydroxyl groups excluding tert-OH is 1. The third-order valence-corrected chi connectivity index (χ3v) is 6.62. The number of hydrogen-bond donors (Lipinski definition) is 1. The summed E-state index contributed by atoms with van der Waals surface area (Å²) in [6, 6.07) is 5.54. The zero-order valence-corrected chi connectivity index (χ0v) is 19.0. The van der Waals surface area contributed by atoms with Gasteiger partial charge in [0.2, 0.25) is 0 Å². The van der Waals surface area contributed by atoms with Crippen LogP contribution in [-0.2, 0) is 24.4 Å². The van der Waals surface area contributed by atoms with Crippen LogP contribution in [0.2, 0.25) is 10.0 Å². The van der Waals surface area contributed by atoms with Crippen LogP contribution in [0.5, 0.6) is 0 Å². The predicted octanol–water partition coefficient (Wildman–Crippen LogP) is 5.12. The van der Waals surface area contributed by atoms with Crippen molar-refractivity contribution in [2.75, 3.05) is 26.3 Å². The third-order valence-electron chi connectivity index (χ3n) is 5.82. The first-order valence-electron chi connectivity index (χ1n) is 10.1. The lowest BCUT2D eigenvalue weighted by Gasteiger charge is -2.32. The number of fused-ring (bicyclic) bond motifs is 1. The van der Waals surface area contributed by atoms with Crippen LogP contribution in [0.25, 0.3) is 11.0 Å². The molecule has 0 amide bonds. The molecule has 0 radical (unpaired) electrons. The van der Waals surface area contributed by atoms with E-state index in [4.69, 9.17) is 27.9 Å². The summed E-state index contributed by atoms with van der Waals surface area (Å²) in [7, 11) is 1.67. The van der Waals surface area contributed by atoms with Gasteiger partial charge in [-0.2, -0.15) is 13.2 Å². The first kappa shape index (κ1) is 23.3. The molecule has 1 aliphatic heterocycles. The third kappa shape index (κ3) is 4.34. The van der Waals surface area contributed by atoms with Crippen molar-refractivity contribution in [1.29, 1.82) is 0 Å². The number of rotatable bonds is 4. The summed E-state index contributed by atoms with van der Waals surface area (Å²) in [6.07, 6.45) is -5.16. The van der Waals surface area contributed by atoms with Crippen molar-refractivity contribution in [1.82, 2.24) is 14.5 Å². The normalized spacial score (nSPS) is 16.6. The van der Waals surface area contributed by atoms with Crippen LogP contribution in [-0.4, -0.2) is 45.9 Å². The van der Waals surface area contributed by atoms with Gasteiger partial charge in [-0.1, -0.05) is 29.3 Å². The van der Waals surface area contributed by atoms with E-state index in [0.717, 1.165) is 12.1 Å². The van der Waals surface area contributed by atoms with Crippen LogP contribution in [0.4, 0.5) is 13.2 Å². The Morgan fingerprint density at radius 2 is 1.88 bits per heavy atom. The highest BCUT2D eigenvalue weighted by Gasteiger charge is 2.32. The summed E-state index contributed by atoms with van der Waals surface area (Å²) in [5.74, 6) is 0.518. The topological polar surface area (TPSA) is 50.5 Å². The van der Waals surface area contributed by atoms with Crippen molar-refractivity contribution >= 4 is 34.2 Å². The lowest BCUT2D eigenvalue weighted by molar-refractivity contribution is -0.137. The molecule has 32 heavy (non-hydrogen) atoms. The first-order chi connectivity index (χ1) is 15.1. The van der Waals surface area contributed by atoms with Gasteiger partial charge in [0.15, 0.2) is 0 Å². The summed E-state index contributed by atoms with van der Waals surface area (Å²) in [4.78, 5) is 6.43. The Morgan fingerprint density at radius 1 is 1.19 bits per heavy atom. The lowest BCUT2D eigenvalue weighted by atomic mass is 10.1. The molecule has 172 valence electrons. The molecule has 1 aliphatic rings. The molecule has 1 atom stereocenters. The number of benzene rings is 2. The summed E-state index contributed by atoms with van der Waals surface area (Å²) in [5, 5.41) is 11.5. The molecular formula is C22H22Cl2F3N3O2. The molecule has 10 heteroatoms. The Bertz CT molecular complexity index is 1160. The van der Waals surface area contributed by atoms with Gasteiger partial charge in [-0.3, -0.25) is 4.90 Å². The highest BCUT2D eigenvalue weighted by atomic mass is 35.5. The highest BCUT2D eigenvalue weighted by molar-refractivity contribution is 6.36. The Kier molecular flexibility index (Phi) is 6.44. The van der Waals surface area contributed by atoms with E-state index in [1.807, 2.05) is 4.90 Å². The van der Waals surface area contributed by atoms with E-state index in [1.54, 1.807) is 30.7 Å². The minimum Gasteiger partial charge on any atom is -0.379 e. The SMILES string of the molecule is Cc1cc(C(F)(F)F)cc2c1nc(Cc1c(Cl)ccc(C(O)N3CCOCC3)c1Cl)n2C. The maximum atomic E-state index is 13.3. The number of nitrogens with zero attached hydrogens (tertiary/aromatic N) is 3. The van der Waals surface area contributed by atoms with Crippen LogP contribution in [0.1, 0.15) is 34.3 Å². The van der Waals surface area contributed by atoms with E-state index >= 15 is 0 Å². The maximum Gasteiger partial charge on any atom is 0.416 e. The largest absolute Gasteiger partial charge is 0.416 e. The van der Waals surface area contributed by atoms with E-state index in [9.17, 15) is 18.3 Å². The minimum absolute atomic E-state index is 0.202. The fourth-order valence-electron chi connectivity index (χ4n) is 3.98. The summed E-state index contributed by atoms with van der Waals surface area (Å²) in [6.45, 7) is 3.79. The van der Waals surface area contributed by atoms with Gasteiger partial charge < -0.3 is 14.4 Å². The van der Waals surface area contributed by atoms with Gasteiger partial charge in [-0.05, 0) is 36.2 Å². The standard InChI is InChI=1S/C22H22Cl2F3N3O2/c1-12-9-13(22(25,26)27)10-17-20(12)28-18(29(17)2)11-15-16(23)4-3-14(19(15)24)21(31)30-5-7-32-8-6-30/h3-4,9-10,21,31H,5-8,11H2,1-2H3. The number of ether oxygens (including phenoxy) is 1. The van der Waals surface area contributed by atoms with Gasteiger partial charge in [0, 0.05) is 37.1 Å². The predicted molar refractivity (Wildman–Crippen MR) is 117 cm³/mol. The Morgan fingerprint density at radius 3 is 2.53 bits per heavy atom. The fourth-order valence-corrected chi connectivity index (χ4v) is 4.58. The molecule has 3 aromatic rings. The van der Waals surface area contributed by atoms with E-state index < -0.39 is 18.0 Å². The fraction of sp³-hybridized carbons (Fsp3) is 0.409. The molecule has 2 heterocycles. The molecule has 1 fully saturated rings. The summed E-state index contributed by atoms with van der Waals surface area (Å²) >= 11 is 13.1. The second-order valence-corrected chi connectivity index (χ2v) is 8.66. The van der Waals surface area contributed by atoms with Crippen LogP contribution < -0.4 is 0 Å². The number of morpholine rings is 1. The average molecular weight is 488 g/mol. The van der Waals surface area contributed by atoms with Crippen molar-refractivity contribution in [3.8, 4) is 0 Å². The Labute approximate surface area is 193 Å². The number of hydrogen-bond acceptors (Lipinski definition) is 4. The molecule has 2 aromatic carbocycles. The second-order valence-electron chi connectivity index (χ2n) is 7.87. The Balaban J connectivity index is 1.72. The molecule has 1 unspecified atom stereocenters. The van der Waals surface area contributed by atoms with Gasteiger partial charge in [0.05, 0.1) is 34.8 Å². The van der Waals surface area contributed by atoms with E-state index in [0.29, 0.717) is 69.9 Å². The zero-order valence-electron chi connectivity index (χ0n) is 17.5. The molecular weight excluding hydrogens is 466 g/mol. The van der Waals surface area contributed by atoms with Gasteiger partial charge in [-0.25, -0.2) is 4.98 Å². The first-order valence-corrected chi connectivity index (χ1v) is 10.8. The Hall–Kier alpha value is -1.84. The highest BCUT2D eigenvalue weighted by Crippen LogP contribution is 2.36. The summed E-state index contributed by atoms with van der Waals surface area (Å²) in [5.41, 5.74) is 1.66. The number of aliphatic hydroxyl groups is 1. The molecule has 1 N–H and O–H groups in total. The molecule has 1 aromatic heterocycles. The van der Waals surface area contributed by atoms with Crippen molar-refractivity contribution in [2.24, 2.45) is 7.05 Å². The molecule has 0 saturated carbocycles. The number of alkyl halides is 3. The van der Waals surface area contributed by atoms with Crippen molar-refractivity contribution in [3.05, 3.63) is 62.4 Å². The molecule has 0 spiro atoms. The van der Waals surface area contributed by atoms with Crippen molar-refractivity contribution < 1.29 is 23.0 Å². The molecule has 5 nitrogen and oxygen atoms in total. The second kappa shape index (κ2) is 8.83. The zero-order chi connectivity index (χ0) is 23.2. The molecule has 0 bridgehead atoms. The summed E-state index contributed by atoms with van der Waals surface area (Å²) < 4.78 is 46.7. The number of halogens is 5. The van der Waals surface area contributed by atoms with Crippen LogP contribution in [0, 0.1) is 6.92 Å². The number of aryl methyl sites for hydroxylation is 2. The van der Waals surface area contributed by atoms with E-state index in [-0.39, 0.29) is 6.42 Å². The molecule has 0 aliphatic carbocycles. The van der Waals surface area contributed by atoms with Gasteiger partial charge >= 0.3 is 6.18 Å². The van der Waals surface area contributed by atoms with Crippen LogP contribution >= 0.6 is 23.2 Å². The smallest absolute Gasteiger partial charge is 0.379 e. The number of imidazole rings is 1. The van der Waals surface area contributed by atoms with E-state index in [2.05, 4.69) is 4.98 Å². The average Bonchev–Trinajstić information content (AvgIpc) is 3.07. The van der Waals surface area contributed by atoms with Gasteiger partial charge in [0.25, 0.3) is 0 Å². The van der Waals surface area contributed by atoms with Gasteiger partial charge in [-0.15, -0.1) is 0 Å². The van der Waals surface area contributed by atoms with Crippen molar-refractivity contribution in [2.45, 2.75) is 25.7 Å². The molecule has 1 saturated heterocycles. The van der Waals surface area contributed by atoms with E-state index in [1.165, 1.54) is 0 Å². The lowest BCUT2D eigenvalue weighted by Crippen LogP contribution is -2.39. The van der Waals surface area contributed by atoms with Crippen LogP contribution in [0.15, 0.2) is 24.3 Å². The van der Waals surface area contributed by atoms with Crippen molar-refractivity contribution in [3.63, 3.8) is 0 Å². The maximum absolute atomic E-state index is 13.3. The number of aromatic nitrogens is 2.